The Morgan fingerprint density at radius 3 is 2.75 bits per heavy atom. The monoisotopic (exact) mass is 219 g/mol. The van der Waals surface area contributed by atoms with Crippen LogP contribution in [0.4, 0.5) is 5.95 Å². The van der Waals surface area contributed by atoms with Crippen molar-refractivity contribution in [3.05, 3.63) is 39.2 Å². The van der Waals surface area contributed by atoms with E-state index in [-0.39, 0.29) is 17.3 Å². The number of anilines is 1. The summed E-state index contributed by atoms with van der Waals surface area (Å²) in [5.41, 5.74) is 5.04. The van der Waals surface area contributed by atoms with E-state index in [1.54, 1.807) is 19.3 Å². The molecular formula is C9H9N5O2. The van der Waals surface area contributed by atoms with Gasteiger partial charge in [0.2, 0.25) is 5.95 Å². The van der Waals surface area contributed by atoms with Crippen molar-refractivity contribution in [3.63, 3.8) is 0 Å². The summed E-state index contributed by atoms with van der Waals surface area (Å²) < 4.78 is 1.41. The Morgan fingerprint density at radius 1 is 1.38 bits per heavy atom. The summed E-state index contributed by atoms with van der Waals surface area (Å²) in [7, 11) is 1.63. The summed E-state index contributed by atoms with van der Waals surface area (Å²) in [5.74, 6) is 0.106. The Kier molecular flexibility index (Phi) is 2.28. The number of aromatic nitrogens is 4. The van der Waals surface area contributed by atoms with Gasteiger partial charge in [-0.2, -0.15) is 9.97 Å². The van der Waals surface area contributed by atoms with E-state index in [0.29, 0.717) is 5.56 Å². The van der Waals surface area contributed by atoms with Gasteiger partial charge in [0, 0.05) is 24.9 Å². The third kappa shape index (κ3) is 1.83. The van der Waals surface area contributed by atoms with Crippen LogP contribution in [-0.4, -0.2) is 19.5 Å². The molecule has 2 rings (SSSR count). The predicted octanol–water partition coefficient (Wildman–Crippen LogP) is -0.887. The fraction of sp³-hybridized carbons (Fsp3) is 0.111. The van der Waals surface area contributed by atoms with Crippen LogP contribution in [0.5, 0.6) is 0 Å². The Bertz CT molecular complexity index is 643. The van der Waals surface area contributed by atoms with Gasteiger partial charge in [-0.15, -0.1) is 0 Å². The average Bonchev–Trinajstić information content (AvgIpc) is 2.20. The SMILES string of the molecule is Cn1ccc(-c2nc(N)nc(=O)[nH]2)cc1=O. The van der Waals surface area contributed by atoms with E-state index >= 15 is 0 Å². The minimum Gasteiger partial charge on any atom is -0.368 e. The molecule has 2 aromatic rings. The van der Waals surface area contributed by atoms with Crippen LogP contribution in [0.15, 0.2) is 27.9 Å². The van der Waals surface area contributed by atoms with Gasteiger partial charge in [-0.05, 0) is 6.07 Å². The smallest absolute Gasteiger partial charge is 0.349 e. The number of hydrogen-bond acceptors (Lipinski definition) is 5. The van der Waals surface area contributed by atoms with Crippen molar-refractivity contribution in [2.45, 2.75) is 0 Å². The van der Waals surface area contributed by atoms with Crippen LogP contribution in [0.25, 0.3) is 11.4 Å². The van der Waals surface area contributed by atoms with E-state index in [4.69, 9.17) is 5.73 Å². The van der Waals surface area contributed by atoms with Crippen LogP contribution in [0.2, 0.25) is 0 Å². The molecule has 0 aliphatic rings. The van der Waals surface area contributed by atoms with Crippen molar-refractivity contribution in [1.82, 2.24) is 19.5 Å². The van der Waals surface area contributed by atoms with Crippen molar-refractivity contribution in [2.24, 2.45) is 7.05 Å². The van der Waals surface area contributed by atoms with Crippen molar-refractivity contribution >= 4 is 5.95 Å². The molecule has 0 saturated carbocycles. The summed E-state index contributed by atoms with van der Waals surface area (Å²) in [6, 6.07) is 3.01. The highest BCUT2D eigenvalue weighted by Gasteiger charge is 2.04. The molecule has 0 aliphatic carbocycles. The predicted molar refractivity (Wildman–Crippen MR) is 57.7 cm³/mol. The largest absolute Gasteiger partial charge is 0.368 e. The Hall–Kier alpha value is -2.44. The molecule has 0 spiro atoms. The molecule has 16 heavy (non-hydrogen) atoms. The van der Waals surface area contributed by atoms with Crippen LogP contribution in [-0.2, 0) is 7.05 Å². The summed E-state index contributed by atoms with van der Waals surface area (Å²) >= 11 is 0. The second kappa shape index (κ2) is 3.61. The van der Waals surface area contributed by atoms with E-state index in [9.17, 15) is 9.59 Å². The number of aromatic amines is 1. The molecule has 2 heterocycles. The number of nitrogens with two attached hydrogens (primary N) is 1. The first kappa shape index (κ1) is 10.1. The number of nitrogens with one attached hydrogen (secondary N) is 1. The highest BCUT2D eigenvalue weighted by molar-refractivity contribution is 5.54. The zero-order chi connectivity index (χ0) is 11.7. The lowest BCUT2D eigenvalue weighted by atomic mass is 10.2. The molecule has 7 nitrogen and oxygen atoms in total. The molecule has 0 amide bonds. The van der Waals surface area contributed by atoms with Gasteiger partial charge >= 0.3 is 5.69 Å². The molecule has 0 bridgehead atoms. The first-order valence-electron chi connectivity index (χ1n) is 4.47. The van der Waals surface area contributed by atoms with Gasteiger partial charge in [-0.25, -0.2) is 4.79 Å². The van der Waals surface area contributed by atoms with Gasteiger partial charge in [0.1, 0.15) is 5.82 Å². The molecule has 3 N–H and O–H groups in total. The maximum Gasteiger partial charge on any atom is 0.349 e. The molecule has 2 aromatic heterocycles. The fourth-order valence-corrected chi connectivity index (χ4v) is 1.23. The van der Waals surface area contributed by atoms with Crippen LogP contribution >= 0.6 is 0 Å². The molecule has 0 radical (unpaired) electrons. The number of aryl methyl sites for hydroxylation is 1. The molecule has 0 fully saturated rings. The number of pyridine rings is 1. The fourth-order valence-electron chi connectivity index (χ4n) is 1.23. The summed E-state index contributed by atoms with van der Waals surface area (Å²) in [5, 5.41) is 0. The molecule has 0 aliphatic heterocycles. The van der Waals surface area contributed by atoms with Crippen LogP contribution in [0.1, 0.15) is 0 Å². The standard InChI is InChI=1S/C9H9N5O2/c1-14-3-2-5(4-6(14)15)7-11-8(10)13-9(16)12-7/h2-4H,1H3,(H3,10,11,12,13,16). The van der Waals surface area contributed by atoms with Crippen LogP contribution in [0, 0.1) is 0 Å². The van der Waals surface area contributed by atoms with E-state index in [0.717, 1.165) is 0 Å². The number of nitrogens with zero attached hydrogens (tertiary/aromatic N) is 3. The molecule has 0 unspecified atom stereocenters. The second-order valence-electron chi connectivity index (χ2n) is 3.23. The van der Waals surface area contributed by atoms with Crippen LogP contribution < -0.4 is 17.0 Å². The number of H-pyrrole nitrogens is 1. The summed E-state index contributed by atoms with van der Waals surface area (Å²) in [6.07, 6.45) is 1.58. The van der Waals surface area contributed by atoms with Crippen molar-refractivity contribution in [2.75, 3.05) is 5.73 Å². The van der Waals surface area contributed by atoms with Gasteiger partial charge in [-0.3, -0.25) is 9.78 Å². The Labute approximate surface area is 89.6 Å². The highest BCUT2D eigenvalue weighted by Crippen LogP contribution is 2.09. The molecule has 0 atom stereocenters. The van der Waals surface area contributed by atoms with Crippen molar-refractivity contribution in [3.8, 4) is 11.4 Å². The lowest BCUT2D eigenvalue weighted by Crippen LogP contribution is -2.18. The molecule has 82 valence electrons. The van der Waals surface area contributed by atoms with E-state index in [1.807, 2.05) is 0 Å². The lowest BCUT2D eigenvalue weighted by Gasteiger charge is -2.01. The summed E-state index contributed by atoms with van der Waals surface area (Å²) in [4.78, 5) is 32.1. The Balaban J connectivity index is 2.63. The third-order valence-electron chi connectivity index (χ3n) is 2.05. The van der Waals surface area contributed by atoms with Gasteiger partial charge in [0.25, 0.3) is 5.56 Å². The van der Waals surface area contributed by atoms with Gasteiger partial charge in [0.05, 0.1) is 0 Å². The molecule has 7 heteroatoms. The maximum absolute atomic E-state index is 11.4. The lowest BCUT2D eigenvalue weighted by molar-refractivity contribution is 0.859. The average molecular weight is 219 g/mol. The quantitative estimate of drug-likeness (QED) is 0.647. The zero-order valence-corrected chi connectivity index (χ0v) is 8.47. The molecular weight excluding hydrogens is 210 g/mol. The van der Waals surface area contributed by atoms with Crippen molar-refractivity contribution in [1.29, 1.82) is 0 Å². The topological polar surface area (TPSA) is 107 Å². The number of rotatable bonds is 1. The number of hydrogen-bond donors (Lipinski definition) is 2. The van der Waals surface area contributed by atoms with Gasteiger partial charge in [0.15, 0.2) is 0 Å². The third-order valence-corrected chi connectivity index (χ3v) is 2.05. The van der Waals surface area contributed by atoms with E-state index < -0.39 is 5.69 Å². The van der Waals surface area contributed by atoms with Crippen LogP contribution in [0.3, 0.4) is 0 Å². The van der Waals surface area contributed by atoms with Gasteiger partial charge in [-0.1, -0.05) is 0 Å². The maximum atomic E-state index is 11.4. The highest BCUT2D eigenvalue weighted by atomic mass is 16.1. The minimum atomic E-state index is -0.594. The Morgan fingerprint density at radius 2 is 2.12 bits per heavy atom. The molecule has 0 aromatic carbocycles. The zero-order valence-electron chi connectivity index (χ0n) is 8.47. The molecule has 0 saturated heterocycles. The second-order valence-corrected chi connectivity index (χ2v) is 3.23. The van der Waals surface area contributed by atoms with E-state index in [1.165, 1.54) is 10.6 Å². The first-order valence-corrected chi connectivity index (χ1v) is 4.47. The number of nitrogen functional groups attached to an aromatic ring is 1. The normalized spacial score (nSPS) is 10.3. The van der Waals surface area contributed by atoms with Gasteiger partial charge < -0.3 is 10.3 Å². The van der Waals surface area contributed by atoms with E-state index in [2.05, 4.69) is 15.0 Å². The minimum absolute atomic E-state index is 0.126. The first-order chi connectivity index (χ1) is 7.56. The summed E-state index contributed by atoms with van der Waals surface area (Å²) in [6.45, 7) is 0. The van der Waals surface area contributed by atoms with Crippen molar-refractivity contribution < 1.29 is 0 Å².